The van der Waals surface area contributed by atoms with Gasteiger partial charge in [0.1, 0.15) is 5.75 Å². The molecular weight excluding hydrogens is 284 g/mol. The van der Waals surface area contributed by atoms with E-state index < -0.39 is 12.3 Å². The van der Waals surface area contributed by atoms with Crippen LogP contribution in [0.5, 0.6) is 5.75 Å². The molecule has 88 valence electrons. The number of hydrogen-bond acceptors (Lipinski definition) is 2. The van der Waals surface area contributed by atoms with Crippen molar-refractivity contribution in [2.45, 2.75) is 13.3 Å². The predicted molar refractivity (Wildman–Crippen MR) is 60.1 cm³/mol. The van der Waals surface area contributed by atoms with Gasteiger partial charge in [-0.15, -0.1) is 0 Å². The number of rotatable bonds is 3. The van der Waals surface area contributed by atoms with Gasteiger partial charge in [0.05, 0.1) is 12.8 Å². The summed E-state index contributed by atoms with van der Waals surface area (Å²) in [6, 6.07) is 3.29. The smallest absolute Gasteiger partial charge is 0.315 e. The topological polar surface area (TPSA) is 38.3 Å². The van der Waals surface area contributed by atoms with Crippen LogP contribution >= 0.6 is 15.9 Å². The van der Waals surface area contributed by atoms with Crippen molar-refractivity contribution in [2.75, 3.05) is 12.4 Å². The number of anilines is 1. The Bertz CT molecular complexity index is 410. The van der Waals surface area contributed by atoms with E-state index in [2.05, 4.69) is 21.2 Å². The summed E-state index contributed by atoms with van der Waals surface area (Å²) >= 11 is 3.24. The summed E-state index contributed by atoms with van der Waals surface area (Å²) in [5.74, 6) is -1.01. The number of carbonyl (C=O) groups is 1. The average Bonchev–Trinajstić information content (AvgIpc) is 2.21. The molecule has 6 heteroatoms. The van der Waals surface area contributed by atoms with Gasteiger partial charge in [-0.1, -0.05) is 15.9 Å². The summed E-state index contributed by atoms with van der Waals surface area (Å²) in [6.45, 7) is 1.69. The van der Waals surface area contributed by atoms with E-state index in [1.165, 1.54) is 7.11 Å². The summed E-state index contributed by atoms with van der Waals surface area (Å²) in [5, 5.41) is 2.12. The van der Waals surface area contributed by atoms with Crippen LogP contribution in [0, 0.1) is 6.92 Å². The minimum absolute atomic E-state index is 0.260. The number of hydrogen-bond donors (Lipinski definition) is 1. The van der Waals surface area contributed by atoms with E-state index in [0.717, 1.165) is 4.47 Å². The second kappa shape index (κ2) is 5.25. The summed E-state index contributed by atoms with van der Waals surface area (Å²) in [5.41, 5.74) is 0.899. The molecule has 1 aromatic rings. The molecule has 1 aromatic carbocycles. The quantitative estimate of drug-likeness (QED) is 0.930. The molecule has 16 heavy (non-hydrogen) atoms. The lowest BCUT2D eigenvalue weighted by Gasteiger charge is -2.13. The van der Waals surface area contributed by atoms with Crippen LogP contribution in [0.1, 0.15) is 5.56 Å². The van der Waals surface area contributed by atoms with Gasteiger partial charge in [0.25, 0.3) is 5.91 Å². The number of benzene rings is 1. The van der Waals surface area contributed by atoms with Crippen LogP contribution in [-0.2, 0) is 4.79 Å². The molecule has 0 heterocycles. The van der Waals surface area contributed by atoms with Gasteiger partial charge in [-0.25, -0.2) is 0 Å². The maximum Gasteiger partial charge on any atom is 0.315 e. The van der Waals surface area contributed by atoms with Gasteiger partial charge < -0.3 is 10.1 Å². The molecule has 0 unspecified atom stereocenters. The minimum atomic E-state index is -3.05. The van der Waals surface area contributed by atoms with Crippen molar-refractivity contribution >= 4 is 27.5 Å². The van der Waals surface area contributed by atoms with Gasteiger partial charge in [-0.05, 0) is 24.6 Å². The number of methoxy groups -OCH3 is 1. The van der Waals surface area contributed by atoms with E-state index in [9.17, 15) is 13.6 Å². The highest BCUT2D eigenvalue weighted by atomic mass is 79.9. The molecular formula is C10H10BrF2NO2. The number of nitrogens with one attached hydrogen (secondary N) is 1. The van der Waals surface area contributed by atoms with Crippen LogP contribution in [0.3, 0.4) is 0 Å². The molecule has 0 aliphatic heterocycles. The Morgan fingerprint density at radius 2 is 2.12 bits per heavy atom. The first-order valence-electron chi connectivity index (χ1n) is 4.39. The zero-order valence-corrected chi connectivity index (χ0v) is 10.3. The second-order valence-electron chi connectivity index (χ2n) is 3.09. The van der Waals surface area contributed by atoms with Crippen molar-refractivity contribution in [1.29, 1.82) is 0 Å². The van der Waals surface area contributed by atoms with E-state index >= 15 is 0 Å². The van der Waals surface area contributed by atoms with Crippen molar-refractivity contribution in [1.82, 2.24) is 0 Å². The number of ether oxygens (including phenoxy) is 1. The molecule has 0 fully saturated rings. The first kappa shape index (κ1) is 12.9. The highest BCUT2D eigenvalue weighted by Gasteiger charge is 2.18. The third kappa shape index (κ3) is 2.91. The monoisotopic (exact) mass is 293 g/mol. The van der Waals surface area contributed by atoms with Crippen LogP contribution in [-0.4, -0.2) is 19.4 Å². The van der Waals surface area contributed by atoms with Gasteiger partial charge in [0.15, 0.2) is 0 Å². The molecule has 0 spiro atoms. The Hall–Kier alpha value is -1.17. The summed E-state index contributed by atoms with van der Waals surface area (Å²) in [4.78, 5) is 10.9. The zero-order chi connectivity index (χ0) is 12.3. The Labute approximate surface area is 99.9 Å². The number of aryl methyl sites for hydroxylation is 1. The molecule has 0 bridgehead atoms. The first-order chi connectivity index (χ1) is 7.45. The molecule has 0 aliphatic carbocycles. The normalized spacial score (nSPS) is 10.4. The van der Waals surface area contributed by atoms with Crippen molar-refractivity contribution in [3.05, 3.63) is 22.2 Å². The third-order valence-electron chi connectivity index (χ3n) is 1.93. The van der Waals surface area contributed by atoms with Gasteiger partial charge in [0.2, 0.25) is 0 Å². The molecule has 1 rings (SSSR count). The summed E-state index contributed by atoms with van der Waals surface area (Å²) in [6.07, 6.45) is -3.05. The second-order valence-corrected chi connectivity index (χ2v) is 4.01. The van der Waals surface area contributed by atoms with Crippen molar-refractivity contribution in [2.24, 2.45) is 0 Å². The van der Waals surface area contributed by atoms with Crippen LogP contribution in [0.25, 0.3) is 0 Å². The van der Waals surface area contributed by atoms with Gasteiger partial charge in [-0.3, -0.25) is 4.79 Å². The molecule has 0 atom stereocenters. The van der Waals surface area contributed by atoms with Crippen molar-refractivity contribution in [3.8, 4) is 5.75 Å². The number of alkyl halides is 2. The molecule has 0 radical (unpaired) electrons. The van der Waals surface area contributed by atoms with E-state index in [4.69, 9.17) is 4.74 Å². The third-order valence-corrected chi connectivity index (χ3v) is 2.39. The summed E-state index contributed by atoms with van der Waals surface area (Å²) in [7, 11) is 1.40. The van der Waals surface area contributed by atoms with Gasteiger partial charge >= 0.3 is 6.43 Å². The van der Waals surface area contributed by atoms with Gasteiger partial charge in [-0.2, -0.15) is 8.78 Å². The van der Waals surface area contributed by atoms with Gasteiger partial charge in [0, 0.05) is 4.47 Å². The Morgan fingerprint density at radius 1 is 1.50 bits per heavy atom. The highest BCUT2D eigenvalue weighted by molar-refractivity contribution is 9.10. The fourth-order valence-electron chi connectivity index (χ4n) is 1.21. The number of halogens is 3. The minimum Gasteiger partial charge on any atom is -0.495 e. The average molecular weight is 294 g/mol. The molecule has 1 amide bonds. The van der Waals surface area contributed by atoms with Crippen LogP contribution in [0.4, 0.5) is 14.5 Å². The van der Waals surface area contributed by atoms with E-state index in [1.54, 1.807) is 19.1 Å². The fourth-order valence-corrected chi connectivity index (χ4v) is 1.76. The lowest BCUT2D eigenvalue weighted by atomic mass is 10.2. The molecule has 0 saturated heterocycles. The lowest BCUT2D eigenvalue weighted by Crippen LogP contribution is -2.21. The zero-order valence-electron chi connectivity index (χ0n) is 8.68. The van der Waals surface area contributed by atoms with E-state index in [1.807, 2.05) is 0 Å². The molecule has 0 saturated carbocycles. The maximum absolute atomic E-state index is 12.1. The lowest BCUT2D eigenvalue weighted by molar-refractivity contribution is -0.126. The number of amides is 1. The Kier molecular flexibility index (Phi) is 4.23. The van der Waals surface area contributed by atoms with Crippen molar-refractivity contribution in [3.63, 3.8) is 0 Å². The van der Waals surface area contributed by atoms with E-state index in [0.29, 0.717) is 11.3 Å². The molecule has 3 nitrogen and oxygen atoms in total. The largest absolute Gasteiger partial charge is 0.495 e. The Morgan fingerprint density at radius 3 is 2.62 bits per heavy atom. The molecule has 0 aliphatic rings. The number of carbonyl (C=O) groups excluding carboxylic acids is 1. The van der Waals surface area contributed by atoms with Crippen LogP contribution in [0.15, 0.2) is 16.6 Å². The summed E-state index contributed by atoms with van der Waals surface area (Å²) < 4.78 is 29.9. The standard InChI is InChI=1S/C10H10BrF2NO2/c1-5-3-6(11)4-7(16-2)8(5)14-10(15)9(12)13/h3-4,9H,1-2H3,(H,14,15). The fraction of sp³-hybridized carbons (Fsp3) is 0.300. The highest BCUT2D eigenvalue weighted by Crippen LogP contribution is 2.32. The van der Waals surface area contributed by atoms with Crippen LogP contribution in [0.2, 0.25) is 0 Å². The predicted octanol–water partition coefficient (Wildman–Crippen LogP) is 2.97. The Balaban J connectivity index is 3.07. The SMILES string of the molecule is COc1cc(Br)cc(C)c1NC(=O)C(F)F. The molecule has 0 aromatic heterocycles. The first-order valence-corrected chi connectivity index (χ1v) is 5.18. The van der Waals surface area contributed by atoms with Crippen molar-refractivity contribution < 1.29 is 18.3 Å². The maximum atomic E-state index is 12.1. The van der Waals surface area contributed by atoms with Crippen LogP contribution < -0.4 is 10.1 Å². The van der Waals surface area contributed by atoms with E-state index in [-0.39, 0.29) is 5.69 Å². The molecule has 1 N–H and O–H groups in total.